The van der Waals surface area contributed by atoms with E-state index in [0.29, 0.717) is 23.0 Å². The summed E-state index contributed by atoms with van der Waals surface area (Å²) in [5.41, 5.74) is 31.4. The van der Waals surface area contributed by atoms with Crippen LogP contribution in [0.2, 0.25) is 0 Å². The summed E-state index contributed by atoms with van der Waals surface area (Å²) in [6.45, 7) is 26.9. The van der Waals surface area contributed by atoms with Gasteiger partial charge >= 0.3 is 0 Å². The summed E-state index contributed by atoms with van der Waals surface area (Å²) >= 11 is 0. The van der Waals surface area contributed by atoms with Gasteiger partial charge in [0.15, 0.2) is 0 Å². The smallest absolute Gasteiger partial charge is 0.135 e. The fourth-order valence-corrected chi connectivity index (χ4v) is 17.3. The molecule has 0 heterocycles. The van der Waals surface area contributed by atoms with E-state index in [-0.39, 0.29) is 0 Å². The Labute approximate surface area is 834 Å². The van der Waals surface area contributed by atoms with Gasteiger partial charge in [-0.2, -0.15) is 0 Å². The average Bonchev–Trinajstić information content (AvgIpc) is 0.739. The summed E-state index contributed by atoms with van der Waals surface area (Å²) in [5, 5.41) is 0. The van der Waals surface area contributed by atoms with Gasteiger partial charge in [-0.1, -0.05) is 109 Å². The molecule has 0 N–H and O–H groups in total. The Morgan fingerprint density at radius 1 is 0.128 bits per heavy atom. The van der Waals surface area contributed by atoms with Gasteiger partial charge in [-0.15, -0.1) is 0 Å². The third kappa shape index (κ3) is 24.6. The van der Waals surface area contributed by atoms with E-state index in [4.69, 9.17) is 90.0 Å². The van der Waals surface area contributed by atoms with Gasteiger partial charge in [0, 0.05) is 83.5 Å². The predicted octanol–water partition coefficient (Wildman–Crippen LogP) is 29.3. The highest BCUT2D eigenvalue weighted by molar-refractivity contribution is 6.04. The van der Waals surface area contributed by atoms with Crippen LogP contribution in [0.4, 0.5) is 0 Å². The molecule has 0 fully saturated rings. The van der Waals surface area contributed by atoms with Crippen LogP contribution in [-0.4, -0.2) is 135 Å². The standard InChI is InChI=1S/3C32H34O5.2C9H12O.C8H10O2/c1-19-15-22(33-4)9-12-25(19)28-18-29(36-7)30(26-13-10-23(34-5)16-20(26)2)31(32(28)37-8)27-14-11-24(35-6)17-21(27)3;1-19-9-12-22(26(15-19)33-4)25-18-29(36-7)30(23-13-10-20(2)16-27(23)34-5)31(32(25)37-8)24-14-11-21(3)17-28(24)35-6;1-19-12-9-15-23(33-4)27(19)22-18-26(36-7)30(28-20(2)13-10-16-24(28)34-5)31(32(22)37-8)29-21(3)14-11-17-25(29)35-6;1-7-4-5-9(10-3)6-8(7)2;1-7-5-4-6-9(10-3)8(7)2;1-9-7-3-5-8(10-2)6-4-7/h3*9-18H,1-8H3;2*4-6H,1-3H3;3-6H,1-2H3. The summed E-state index contributed by atoms with van der Waals surface area (Å²) in [4.78, 5) is 0. The molecule has 0 unspecified atom stereocenters. The molecule has 141 heavy (non-hydrogen) atoms. The summed E-state index contributed by atoms with van der Waals surface area (Å²) in [5.74, 6) is 14.8. The largest absolute Gasteiger partial charge is 0.497 e. The van der Waals surface area contributed by atoms with Crippen LogP contribution in [0, 0.1) is 90.0 Å². The molecule has 0 aliphatic rings. The molecule has 0 atom stereocenters. The molecule has 738 valence electrons. The minimum atomic E-state index is 0.679. The van der Waals surface area contributed by atoms with E-state index in [1.807, 2.05) is 178 Å². The van der Waals surface area contributed by atoms with E-state index in [2.05, 4.69) is 154 Å². The molecule has 15 aromatic rings. The number of methoxy groups -OCH3 is 19. The number of aryl methyl sites for hydroxylation is 12. The van der Waals surface area contributed by atoms with Crippen LogP contribution < -0.4 is 90.0 Å². The maximum absolute atomic E-state index is 6.26. The van der Waals surface area contributed by atoms with Crippen LogP contribution in [0.15, 0.2) is 243 Å². The first-order valence-corrected chi connectivity index (χ1v) is 46.1. The van der Waals surface area contributed by atoms with Crippen LogP contribution in [0.1, 0.15) is 72.3 Å². The van der Waals surface area contributed by atoms with Crippen LogP contribution in [0.25, 0.3) is 100 Å². The minimum absolute atomic E-state index is 0.679. The molecule has 19 heteroatoms. The van der Waals surface area contributed by atoms with Crippen LogP contribution in [0.3, 0.4) is 0 Å². The average molecular weight is 1910 g/mol. The van der Waals surface area contributed by atoms with Crippen LogP contribution >= 0.6 is 0 Å². The van der Waals surface area contributed by atoms with E-state index in [0.717, 1.165) is 236 Å². The van der Waals surface area contributed by atoms with Crippen molar-refractivity contribution in [2.45, 2.75) is 90.0 Å². The summed E-state index contributed by atoms with van der Waals surface area (Å²) in [6.07, 6.45) is 0. The van der Waals surface area contributed by atoms with Gasteiger partial charge in [-0.05, 0) is 312 Å². The number of hydrogen-bond acceptors (Lipinski definition) is 19. The van der Waals surface area contributed by atoms with Crippen molar-refractivity contribution < 1.29 is 90.0 Å². The predicted molar refractivity (Wildman–Crippen MR) is 574 cm³/mol. The second-order valence-electron chi connectivity index (χ2n) is 33.6. The Bertz CT molecular complexity index is 6780. The maximum atomic E-state index is 6.26. The van der Waals surface area contributed by atoms with Gasteiger partial charge in [0.25, 0.3) is 0 Å². The second-order valence-corrected chi connectivity index (χ2v) is 33.6. The Hall–Kier alpha value is -15.5. The normalized spacial score (nSPS) is 10.4. The molecule has 19 nitrogen and oxygen atoms in total. The van der Waals surface area contributed by atoms with E-state index in [9.17, 15) is 0 Å². The Kier molecular flexibility index (Phi) is 38.7. The molecule has 0 bridgehead atoms. The highest BCUT2D eigenvalue weighted by Crippen LogP contribution is 2.59. The van der Waals surface area contributed by atoms with Gasteiger partial charge < -0.3 is 90.0 Å². The first-order chi connectivity index (χ1) is 68.0. The molecule has 0 aromatic heterocycles. The van der Waals surface area contributed by atoms with Crippen molar-refractivity contribution in [3.63, 3.8) is 0 Å². The molecule has 0 amide bonds. The zero-order valence-corrected chi connectivity index (χ0v) is 87.9. The quantitative estimate of drug-likeness (QED) is 0.0452. The maximum Gasteiger partial charge on any atom is 0.135 e. The highest BCUT2D eigenvalue weighted by Gasteiger charge is 2.33. The fourth-order valence-electron chi connectivity index (χ4n) is 17.3. The third-order valence-corrected chi connectivity index (χ3v) is 24.9. The van der Waals surface area contributed by atoms with Gasteiger partial charge in [-0.25, -0.2) is 0 Å². The van der Waals surface area contributed by atoms with Gasteiger partial charge in [-0.3, -0.25) is 0 Å². The lowest BCUT2D eigenvalue weighted by Gasteiger charge is -2.26. The molecule has 15 aromatic carbocycles. The first-order valence-electron chi connectivity index (χ1n) is 46.1. The number of hydrogen-bond donors (Lipinski definition) is 0. The van der Waals surface area contributed by atoms with E-state index in [1.54, 1.807) is 135 Å². The molecule has 15 rings (SSSR count). The monoisotopic (exact) mass is 1900 g/mol. The number of benzene rings is 15. The zero-order chi connectivity index (χ0) is 103. The lowest BCUT2D eigenvalue weighted by atomic mass is 9.84. The zero-order valence-electron chi connectivity index (χ0n) is 87.9. The first kappa shape index (κ1) is 108. The van der Waals surface area contributed by atoms with Crippen molar-refractivity contribution in [1.29, 1.82) is 0 Å². The lowest BCUT2D eigenvalue weighted by molar-refractivity contribution is 0.401. The van der Waals surface area contributed by atoms with Gasteiger partial charge in [0.1, 0.15) is 109 Å². The number of rotatable bonds is 28. The molecule has 0 aliphatic carbocycles. The molecular weight excluding hydrogens is 1770 g/mol. The minimum Gasteiger partial charge on any atom is -0.497 e. The van der Waals surface area contributed by atoms with Crippen LogP contribution in [0.5, 0.6) is 109 Å². The Morgan fingerprint density at radius 3 is 0.780 bits per heavy atom. The van der Waals surface area contributed by atoms with Crippen molar-refractivity contribution in [3.8, 4) is 209 Å². The Balaban J connectivity index is 0.000000189. The molecule has 0 aliphatic heterocycles. The lowest BCUT2D eigenvalue weighted by Crippen LogP contribution is -2.04. The summed E-state index contributed by atoms with van der Waals surface area (Å²) in [7, 11) is 32.0. The molecule has 0 spiro atoms. The molecule has 0 radical (unpaired) electrons. The van der Waals surface area contributed by atoms with Crippen molar-refractivity contribution in [3.05, 3.63) is 315 Å². The molecular formula is C122H136O19. The molecule has 0 saturated heterocycles. The second kappa shape index (κ2) is 50.7. The third-order valence-electron chi connectivity index (χ3n) is 24.9. The number of ether oxygens (including phenoxy) is 19. The highest BCUT2D eigenvalue weighted by atomic mass is 16.5. The van der Waals surface area contributed by atoms with Crippen molar-refractivity contribution >= 4 is 0 Å². The van der Waals surface area contributed by atoms with Gasteiger partial charge in [0.05, 0.1) is 135 Å². The van der Waals surface area contributed by atoms with E-state index >= 15 is 0 Å². The molecule has 0 saturated carbocycles. The van der Waals surface area contributed by atoms with Crippen LogP contribution in [-0.2, 0) is 0 Å². The van der Waals surface area contributed by atoms with Crippen molar-refractivity contribution in [2.24, 2.45) is 0 Å². The van der Waals surface area contributed by atoms with Gasteiger partial charge in [0.2, 0.25) is 0 Å². The SMILES string of the molecule is COc1cc(C)ccc1-c1cc(OC)c(-c2ccc(C)cc2OC)c(-c2ccc(C)cc2OC)c1OC.COc1ccc(-c2cc(OC)c(-c3ccc(OC)cc3C)c(-c3ccc(OC)cc3C)c2OC)c(C)c1.COc1ccc(C)c(C)c1.COc1ccc(OC)cc1.COc1cccc(C)c1-c1cc(OC)c(-c2c(C)cccc2OC)c(-c2c(C)cccc2OC)c1OC.COc1cccc(C)c1C. The topological polar surface area (TPSA) is 175 Å². The summed E-state index contributed by atoms with van der Waals surface area (Å²) < 4.78 is 108. The van der Waals surface area contributed by atoms with Crippen molar-refractivity contribution in [2.75, 3.05) is 135 Å². The summed E-state index contributed by atoms with van der Waals surface area (Å²) in [6, 6.07) is 80.4. The van der Waals surface area contributed by atoms with E-state index in [1.165, 1.54) is 22.3 Å². The fraction of sp³-hybridized carbons (Fsp3) is 0.262. The Morgan fingerprint density at radius 2 is 0.404 bits per heavy atom. The van der Waals surface area contributed by atoms with E-state index < -0.39 is 0 Å². The van der Waals surface area contributed by atoms with Crippen molar-refractivity contribution in [1.82, 2.24) is 0 Å².